The number of aromatic nitrogens is 2. The molecule has 5 heteroatoms. The number of benzene rings is 2. The van der Waals surface area contributed by atoms with Crippen molar-refractivity contribution in [1.82, 2.24) is 9.55 Å². The number of nitrogens with zero attached hydrogens (tertiary/aromatic N) is 2. The minimum Gasteiger partial charge on any atom is -0.497 e. The summed E-state index contributed by atoms with van der Waals surface area (Å²) in [5, 5.41) is 0. The van der Waals surface area contributed by atoms with Crippen LogP contribution in [0.15, 0.2) is 46.9 Å². The zero-order chi connectivity index (χ0) is 14.8. The number of imidazole rings is 1. The fraction of sp³-hybridized carbons (Fsp3) is 0.188. The fourth-order valence-electron chi connectivity index (χ4n) is 2.33. The molecule has 0 N–H and O–H groups in total. The molecular weight excluding hydrogens is 352 g/mol. The summed E-state index contributed by atoms with van der Waals surface area (Å²) in [7, 11) is 1.67. The third kappa shape index (κ3) is 2.92. The predicted octanol–water partition coefficient (Wildman–Crippen LogP) is 4.59. The summed E-state index contributed by atoms with van der Waals surface area (Å²) in [5.74, 6) is 2.07. The molecule has 0 unspecified atom stereocenters. The van der Waals surface area contributed by atoms with Gasteiger partial charge in [-0.2, -0.15) is 0 Å². The van der Waals surface area contributed by atoms with Gasteiger partial charge >= 0.3 is 0 Å². The number of halogens is 2. The lowest BCUT2D eigenvalue weighted by Crippen LogP contribution is -2.03. The first-order valence-electron chi connectivity index (χ1n) is 6.55. The van der Waals surface area contributed by atoms with E-state index in [-0.39, 0.29) is 0 Å². The van der Waals surface area contributed by atoms with E-state index in [1.54, 1.807) is 7.11 Å². The van der Waals surface area contributed by atoms with E-state index in [0.717, 1.165) is 33.6 Å². The number of hydrogen-bond acceptors (Lipinski definition) is 2. The molecule has 0 aliphatic heterocycles. The first-order valence-corrected chi connectivity index (χ1v) is 7.87. The van der Waals surface area contributed by atoms with E-state index in [1.807, 2.05) is 30.3 Å². The largest absolute Gasteiger partial charge is 0.497 e. The molecule has 2 aromatic carbocycles. The van der Waals surface area contributed by atoms with Crippen LogP contribution in [0.5, 0.6) is 5.75 Å². The maximum absolute atomic E-state index is 6.05. The van der Waals surface area contributed by atoms with Gasteiger partial charge in [-0.15, -0.1) is 11.6 Å². The number of methoxy groups -OCH3 is 1. The average Bonchev–Trinajstić information content (AvgIpc) is 2.86. The van der Waals surface area contributed by atoms with E-state index < -0.39 is 0 Å². The van der Waals surface area contributed by atoms with Crippen molar-refractivity contribution >= 4 is 38.6 Å². The van der Waals surface area contributed by atoms with E-state index in [4.69, 9.17) is 16.3 Å². The number of hydrogen-bond donors (Lipinski definition) is 0. The first kappa shape index (κ1) is 14.4. The third-order valence-corrected chi connectivity index (χ3v) is 4.18. The van der Waals surface area contributed by atoms with Crippen molar-refractivity contribution in [3.63, 3.8) is 0 Å². The third-order valence-electron chi connectivity index (χ3n) is 3.41. The van der Waals surface area contributed by atoms with Crippen LogP contribution in [0.3, 0.4) is 0 Å². The molecule has 0 amide bonds. The number of ether oxygens (including phenoxy) is 1. The van der Waals surface area contributed by atoms with Gasteiger partial charge in [-0.1, -0.05) is 28.1 Å². The van der Waals surface area contributed by atoms with Crippen molar-refractivity contribution in [2.45, 2.75) is 12.4 Å². The molecule has 0 saturated heterocycles. The lowest BCUT2D eigenvalue weighted by molar-refractivity contribution is 0.415. The minimum absolute atomic E-state index is 0.382. The molecule has 3 rings (SSSR count). The van der Waals surface area contributed by atoms with Gasteiger partial charge in [0.15, 0.2) is 0 Å². The smallest absolute Gasteiger partial charge is 0.125 e. The molecule has 0 bridgehead atoms. The quantitative estimate of drug-likeness (QED) is 0.632. The Labute approximate surface area is 136 Å². The minimum atomic E-state index is 0.382. The van der Waals surface area contributed by atoms with Gasteiger partial charge in [-0.05, 0) is 29.8 Å². The van der Waals surface area contributed by atoms with Gasteiger partial charge in [0.05, 0.1) is 24.0 Å². The van der Waals surface area contributed by atoms with Crippen molar-refractivity contribution in [3.05, 3.63) is 58.3 Å². The molecule has 1 aromatic heterocycles. The van der Waals surface area contributed by atoms with E-state index in [2.05, 4.69) is 37.6 Å². The van der Waals surface area contributed by atoms with Crippen molar-refractivity contribution in [2.75, 3.05) is 7.11 Å². The zero-order valence-corrected chi connectivity index (χ0v) is 13.9. The van der Waals surface area contributed by atoms with Gasteiger partial charge in [0.1, 0.15) is 11.6 Å². The summed E-state index contributed by atoms with van der Waals surface area (Å²) in [6.45, 7) is 0.735. The van der Waals surface area contributed by atoms with Crippen LogP contribution in [0, 0.1) is 0 Å². The van der Waals surface area contributed by atoms with Crippen LogP contribution in [0.25, 0.3) is 11.0 Å². The molecule has 108 valence electrons. The van der Waals surface area contributed by atoms with E-state index in [0.29, 0.717) is 5.88 Å². The first-order chi connectivity index (χ1) is 10.2. The molecule has 0 saturated carbocycles. The topological polar surface area (TPSA) is 27.1 Å². The zero-order valence-electron chi connectivity index (χ0n) is 11.5. The van der Waals surface area contributed by atoms with Gasteiger partial charge in [-0.25, -0.2) is 4.98 Å². The van der Waals surface area contributed by atoms with Gasteiger partial charge in [-0.3, -0.25) is 0 Å². The lowest BCUT2D eigenvalue weighted by atomic mass is 10.2. The summed E-state index contributed by atoms with van der Waals surface area (Å²) < 4.78 is 8.51. The van der Waals surface area contributed by atoms with E-state index in [9.17, 15) is 0 Å². The lowest BCUT2D eigenvalue weighted by Gasteiger charge is -2.09. The molecule has 1 heterocycles. The Kier molecular flexibility index (Phi) is 4.17. The maximum Gasteiger partial charge on any atom is 0.125 e. The average molecular weight is 366 g/mol. The summed E-state index contributed by atoms with van der Waals surface area (Å²) in [4.78, 5) is 4.59. The van der Waals surface area contributed by atoms with Crippen LogP contribution in [-0.4, -0.2) is 16.7 Å². The fourth-order valence-corrected chi connectivity index (χ4v) is 2.80. The highest BCUT2D eigenvalue weighted by molar-refractivity contribution is 9.10. The van der Waals surface area contributed by atoms with Crippen LogP contribution in [-0.2, 0) is 12.4 Å². The molecule has 0 aliphatic rings. The molecule has 21 heavy (non-hydrogen) atoms. The second-order valence-corrected chi connectivity index (χ2v) is 5.91. The molecule has 3 nitrogen and oxygen atoms in total. The Morgan fingerprint density at radius 2 is 1.95 bits per heavy atom. The van der Waals surface area contributed by atoms with Crippen molar-refractivity contribution in [3.8, 4) is 5.75 Å². The highest BCUT2D eigenvalue weighted by Crippen LogP contribution is 2.24. The van der Waals surface area contributed by atoms with Gasteiger partial charge in [0, 0.05) is 17.1 Å². The van der Waals surface area contributed by atoms with Crippen LogP contribution < -0.4 is 4.74 Å². The van der Waals surface area contributed by atoms with Crippen LogP contribution in [0.4, 0.5) is 0 Å². The van der Waals surface area contributed by atoms with Gasteiger partial charge in [0.2, 0.25) is 0 Å². The summed E-state index contributed by atoms with van der Waals surface area (Å²) in [6, 6.07) is 14.1. The Morgan fingerprint density at radius 3 is 2.62 bits per heavy atom. The Hall–Kier alpha value is -1.52. The van der Waals surface area contributed by atoms with Gasteiger partial charge in [0.25, 0.3) is 0 Å². The van der Waals surface area contributed by atoms with E-state index >= 15 is 0 Å². The molecule has 0 radical (unpaired) electrons. The SMILES string of the molecule is COc1ccc2nc(CCl)n(Cc3ccc(Br)cc3)c2c1. The second-order valence-electron chi connectivity index (χ2n) is 4.73. The van der Waals surface area contributed by atoms with Gasteiger partial charge < -0.3 is 9.30 Å². The van der Waals surface area contributed by atoms with E-state index in [1.165, 1.54) is 5.56 Å². The molecule has 0 spiro atoms. The number of rotatable bonds is 4. The number of alkyl halides is 1. The normalized spacial score (nSPS) is 11.0. The Balaban J connectivity index is 2.08. The summed E-state index contributed by atoms with van der Waals surface area (Å²) in [6.07, 6.45) is 0. The summed E-state index contributed by atoms with van der Waals surface area (Å²) >= 11 is 9.50. The molecule has 0 fully saturated rings. The van der Waals surface area contributed by atoms with Crippen LogP contribution >= 0.6 is 27.5 Å². The molecule has 0 atom stereocenters. The number of fused-ring (bicyclic) bond motifs is 1. The van der Waals surface area contributed by atoms with Crippen molar-refractivity contribution in [2.24, 2.45) is 0 Å². The second kappa shape index (κ2) is 6.08. The summed E-state index contributed by atoms with van der Waals surface area (Å²) in [5.41, 5.74) is 3.17. The molecule has 0 aliphatic carbocycles. The molecule has 3 aromatic rings. The predicted molar refractivity (Wildman–Crippen MR) is 89.1 cm³/mol. The Morgan fingerprint density at radius 1 is 1.19 bits per heavy atom. The van der Waals surface area contributed by atoms with Crippen LogP contribution in [0.1, 0.15) is 11.4 Å². The molecular formula is C16H14BrClN2O. The van der Waals surface area contributed by atoms with Crippen molar-refractivity contribution in [1.29, 1.82) is 0 Å². The highest BCUT2D eigenvalue weighted by Gasteiger charge is 2.11. The van der Waals surface area contributed by atoms with Crippen LogP contribution in [0.2, 0.25) is 0 Å². The highest BCUT2D eigenvalue weighted by atomic mass is 79.9. The Bertz CT molecular complexity index is 768. The maximum atomic E-state index is 6.05. The standard InChI is InChI=1S/C16H14BrClN2O/c1-21-13-6-7-14-15(8-13)20(16(9-18)19-14)10-11-2-4-12(17)5-3-11/h2-8H,9-10H2,1H3. The monoisotopic (exact) mass is 364 g/mol. The van der Waals surface area contributed by atoms with Crippen molar-refractivity contribution < 1.29 is 4.74 Å².